The maximum absolute atomic E-state index is 4.64. The second kappa shape index (κ2) is 5.96. The van der Waals surface area contributed by atoms with E-state index in [1.165, 1.54) is 16.7 Å². The van der Waals surface area contributed by atoms with Gasteiger partial charge < -0.3 is 0 Å². The molecule has 4 nitrogen and oxygen atoms in total. The van der Waals surface area contributed by atoms with Crippen molar-refractivity contribution in [2.45, 2.75) is 26.8 Å². The van der Waals surface area contributed by atoms with E-state index in [1.807, 2.05) is 18.3 Å². The Morgan fingerprint density at radius 2 is 1.92 bits per heavy atom. The molecule has 4 rings (SSSR count). The summed E-state index contributed by atoms with van der Waals surface area (Å²) in [6.45, 7) is 4.67. The van der Waals surface area contributed by atoms with Gasteiger partial charge >= 0.3 is 0 Å². The Kier molecular flexibility index (Phi) is 3.65. The fourth-order valence-electron chi connectivity index (χ4n) is 2.96. The van der Waals surface area contributed by atoms with Crippen molar-refractivity contribution < 1.29 is 0 Å². The molecule has 1 aromatic heterocycles. The minimum absolute atomic E-state index is 0.448. The van der Waals surface area contributed by atoms with Crippen LogP contribution in [-0.4, -0.2) is 21.4 Å². The van der Waals surface area contributed by atoms with Crippen LogP contribution in [0.5, 0.6) is 0 Å². The monoisotopic (exact) mass is 314 g/mol. The highest BCUT2D eigenvalue weighted by molar-refractivity contribution is 5.80. The maximum Gasteiger partial charge on any atom is 0.172 e. The summed E-state index contributed by atoms with van der Waals surface area (Å²) in [5.74, 6) is 0.668. The van der Waals surface area contributed by atoms with Crippen LogP contribution >= 0.6 is 0 Å². The van der Waals surface area contributed by atoms with Gasteiger partial charge in [0.2, 0.25) is 0 Å². The van der Waals surface area contributed by atoms with Gasteiger partial charge in [0, 0.05) is 18.2 Å². The summed E-state index contributed by atoms with van der Waals surface area (Å²) in [7, 11) is 0. The smallest absolute Gasteiger partial charge is 0.172 e. The molecule has 0 spiro atoms. The van der Waals surface area contributed by atoms with E-state index in [-0.39, 0.29) is 0 Å². The topological polar surface area (TPSA) is 51.0 Å². The third-order valence-corrected chi connectivity index (χ3v) is 4.44. The molecule has 0 aliphatic heterocycles. The molecule has 1 aliphatic rings. The molecule has 0 bridgehead atoms. The molecular formula is C20H18N4. The highest BCUT2D eigenvalue weighted by atomic mass is 15.2. The third kappa shape index (κ3) is 2.71. The first-order valence-corrected chi connectivity index (χ1v) is 8.08. The summed E-state index contributed by atoms with van der Waals surface area (Å²) in [5, 5.41) is 8.60. The first kappa shape index (κ1) is 14.7. The van der Waals surface area contributed by atoms with Crippen LogP contribution in [0.4, 0.5) is 0 Å². The molecule has 24 heavy (non-hydrogen) atoms. The minimum Gasteiger partial charge on any atom is -0.284 e. The van der Waals surface area contributed by atoms with Gasteiger partial charge in [-0.15, -0.1) is 10.2 Å². The molecule has 1 aliphatic carbocycles. The van der Waals surface area contributed by atoms with Gasteiger partial charge in [0.25, 0.3) is 0 Å². The second-order valence-corrected chi connectivity index (χ2v) is 6.17. The van der Waals surface area contributed by atoms with Crippen LogP contribution in [0.25, 0.3) is 11.3 Å². The summed E-state index contributed by atoms with van der Waals surface area (Å²) in [6.07, 6.45) is 2.70. The van der Waals surface area contributed by atoms with E-state index in [0.717, 1.165) is 28.9 Å². The fourth-order valence-corrected chi connectivity index (χ4v) is 2.96. The molecule has 118 valence electrons. The molecular weight excluding hydrogens is 296 g/mol. The van der Waals surface area contributed by atoms with Crippen LogP contribution in [0.1, 0.15) is 33.8 Å². The average Bonchev–Trinajstić information content (AvgIpc) is 2.96. The molecule has 0 N–H and O–H groups in total. The lowest BCUT2D eigenvalue weighted by molar-refractivity contribution is 0.819. The molecule has 3 aromatic rings. The van der Waals surface area contributed by atoms with Gasteiger partial charge in [-0.05, 0) is 36.1 Å². The molecule has 0 atom stereocenters. The number of hydrogen-bond acceptors (Lipinski definition) is 4. The average molecular weight is 314 g/mol. The predicted octanol–water partition coefficient (Wildman–Crippen LogP) is 3.68. The fraction of sp³-hybridized carbons (Fsp3) is 0.200. The second-order valence-electron chi connectivity index (χ2n) is 6.17. The number of aromatic nitrogens is 3. The highest BCUT2D eigenvalue weighted by Gasteiger charge is 2.21. The molecule has 2 aromatic carbocycles. The van der Waals surface area contributed by atoms with E-state index >= 15 is 0 Å². The lowest BCUT2D eigenvalue weighted by atomic mass is 10.1. The summed E-state index contributed by atoms with van der Waals surface area (Å²) in [5.41, 5.74) is 7.99. The van der Waals surface area contributed by atoms with E-state index < -0.39 is 0 Å². The lowest BCUT2D eigenvalue weighted by Crippen LogP contribution is -2.01. The van der Waals surface area contributed by atoms with Crippen LogP contribution in [0.3, 0.4) is 0 Å². The van der Waals surface area contributed by atoms with Crippen molar-refractivity contribution in [2.75, 3.05) is 0 Å². The van der Waals surface area contributed by atoms with Crippen molar-refractivity contribution in [2.24, 2.45) is 4.99 Å². The van der Waals surface area contributed by atoms with Gasteiger partial charge in [-0.2, -0.15) is 0 Å². The number of fused-ring (bicyclic) bond motifs is 3. The standard InChI is InChI=1S/C20H18N4/c1-13-7-8-15(9-14(13)2)11-21-12-19-22-18-10-16-5-3-4-6-17(16)20(18)24-23-19/h3-9,11H,10,12H2,1-2H3. The molecule has 0 saturated heterocycles. The molecule has 0 fully saturated rings. The maximum atomic E-state index is 4.64. The molecule has 0 radical (unpaired) electrons. The molecule has 1 heterocycles. The molecule has 4 heteroatoms. The zero-order chi connectivity index (χ0) is 16.5. The van der Waals surface area contributed by atoms with E-state index in [2.05, 4.69) is 64.4 Å². The van der Waals surface area contributed by atoms with E-state index in [1.54, 1.807) is 0 Å². The number of aliphatic imine (C=N–C) groups is 1. The van der Waals surface area contributed by atoms with Gasteiger partial charge in [-0.25, -0.2) is 4.98 Å². The van der Waals surface area contributed by atoms with Crippen LogP contribution in [0.15, 0.2) is 47.5 Å². The van der Waals surface area contributed by atoms with Crippen molar-refractivity contribution in [3.63, 3.8) is 0 Å². The molecule has 0 amide bonds. The number of hydrogen-bond donors (Lipinski definition) is 0. The molecule has 0 saturated carbocycles. The zero-order valence-corrected chi connectivity index (χ0v) is 13.8. The van der Waals surface area contributed by atoms with Crippen molar-refractivity contribution >= 4 is 6.21 Å². The van der Waals surface area contributed by atoms with Crippen LogP contribution in [0.2, 0.25) is 0 Å². The Hall–Kier alpha value is -2.88. The highest BCUT2D eigenvalue weighted by Crippen LogP contribution is 2.32. The predicted molar refractivity (Wildman–Crippen MR) is 95.3 cm³/mol. The largest absolute Gasteiger partial charge is 0.284 e. The normalized spacial score (nSPS) is 12.4. The SMILES string of the molecule is Cc1ccc(C=NCc2nnc3c(n2)Cc2ccccc2-3)cc1C. The Labute approximate surface area is 141 Å². The molecule has 0 unspecified atom stereocenters. The van der Waals surface area contributed by atoms with Crippen molar-refractivity contribution in [3.8, 4) is 11.3 Å². The Morgan fingerprint density at radius 1 is 1.04 bits per heavy atom. The van der Waals surface area contributed by atoms with Crippen LogP contribution in [-0.2, 0) is 13.0 Å². The number of benzene rings is 2. The summed E-state index contributed by atoms with van der Waals surface area (Å²) >= 11 is 0. The number of nitrogens with zero attached hydrogens (tertiary/aromatic N) is 4. The van der Waals surface area contributed by atoms with Crippen molar-refractivity contribution in [3.05, 3.63) is 76.2 Å². The van der Waals surface area contributed by atoms with Crippen LogP contribution < -0.4 is 0 Å². The van der Waals surface area contributed by atoms with E-state index in [9.17, 15) is 0 Å². The van der Waals surface area contributed by atoms with Gasteiger partial charge in [0.05, 0.1) is 5.69 Å². The van der Waals surface area contributed by atoms with Crippen molar-refractivity contribution in [1.29, 1.82) is 0 Å². The van der Waals surface area contributed by atoms with Gasteiger partial charge in [-0.3, -0.25) is 4.99 Å². The number of rotatable bonds is 3. The minimum atomic E-state index is 0.448. The van der Waals surface area contributed by atoms with Gasteiger partial charge in [-0.1, -0.05) is 42.5 Å². The third-order valence-electron chi connectivity index (χ3n) is 4.44. The summed E-state index contributed by atoms with van der Waals surface area (Å²) in [6, 6.07) is 14.6. The van der Waals surface area contributed by atoms with E-state index in [0.29, 0.717) is 12.4 Å². The Morgan fingerprint density at radius 3 is 2.79 bits per heavy atom. The summed E-state index contributed by atoms with van der Waals surface area (Å²) < 4.78 is 0. The zero-order valence-electron chi connectivity index (χ0n) is 13.8. The quantitative estimate of drug-likeness (QED) is 0.542. The first-order chi connectivity index (χ1) is 11.7. The Balaban J connectivity index is 1.51. The van der Waals surface area contributed by atoms with Crippen molar-refractivity contribution in [1.82, 2.24) is 15.2 Å². The number of aryl methyl sites for hydroxylation is 2. The van der Waals surface area contributed by atoms with Crippen LogP contribution in [0, 0.1) is 13.8 Å². The first-order valence-electron chi connectivity index (χ1n) is 8.08. The summed E-state index contributed by atoms with van der Waals surface area (Å²) in [4.78, 5) is 9.11. The lowest BCUT2D eigenvalue weighted by Gasteiger charge is -2.01. The van der Waals surface area contributed by atoms with Gasteiger partial charge in [0.1, 0.15) is 12.2 Å². The van der Waals surface area contributed by atoms with Gasteiger partial charge in [0.15, 0.2) is 5.82 Å². The Bertz CT molecular complexity index is 944. The van der Waals surface area contributed by atoms with E-state index in [4.69, 9.17) is 0 Å².